The van der Waals surface area contributed by atoms with Crippen LogP contribution >= 0.6 is 0 Å². The lowest BCUT2D eigenvalue weighted by molar-refractivity contribution is 0.144. The van der Waals surface area contributed by atoms with Crippen LogP contribution in [0.15, 0.2) is 18.2 Å². The van der Waals surface area contributed by atoms with Gasteiger partial charge in [-0.05, 0) is 30.5 Å². The minimum Gasteiger partial charge on any atom is -0.495 e. The average molecular weight is 274 g/mol. The molecule has 4 heteroatoms. The second-order valence-electron chi connectivity index (χ2n) is 5.28. The summed E-state index contributed by atoms with van der Waals surface area (Å²) >= 11 is 0. The molecule has 0 unspecified atom stereocenters. The van der Waals surface area contributed by atoms with Crippen LogP contribution in [0.25, 0.3) is 0 Å². The fourth-order valence-electron chi connectivity index (χ4n) is 2.95. The average Bonchev–Trinajstić information content (AvgIpc) is 3.00. The van der Waals surface area contributed by atoms with Crippen LogP contribution in [0.3, 0.4) is 0 Å². The molecule has 2 rings (SSSR count). The Morgan fingerprint density at radius 1 is 1.40 bits per heavy atom. The maximum atomic E-state index is 9.25. The predicted molar refractivity (Wildman–Crippen MR) is 77.5 cm³/mol. The Balaban J connectivity index is 2.11. The highest BCUT2D eigenvalue weighted by atomic mass is 16.5. The number of hydrogen-bond acceptors (Lipinski definition) is 4. The third-order valence-electron chi connectivity index (χ3n) is 4.00. The molecule has 20 heavy (non-hydrogen) atoms. The fraction of sp³-hybridized carbons (Fsp3) is 0.562. The van der Waals surface area contributed by atoms with E-state index in [0.29, 0.717) is 23.9 Å². The van der Waals surface area contributed by atoms with E-state index in [1.54, 1.807) is 13.2 Å². The summed E-state index contributed by atoms with van der Waals surface area (Å²) in [5, 5.41) is 18.3. The molecule has 0 amide bonds. The fourth-order valence-corrected chi connectivity index (χ4v) is 2.95. The second kappa shape index (κ2) is 7.28. The molecule has 1 saturated carbocycles. The lowest BCUT2D eigenvalue weighted by Gasteiger charge is -2.28. The predicted octanol–water partition coefficient (Wildman–Crippen LogP) is 2.30. The molecular formula is C16H22N2O2. The molecule has 108 valence electrons. The van der Waals surface area contributed by atoms with Crippen LogP contribution in [0.2, 0.25) is 0 Å². The van der Waals surface area contributed by atoms with E-state index in [0.717, 1.165) is 12.1 Å². The quantitative estimate of drug-likeness (QED) is 0.865. The number of nitrogens with zero attached hydrogens (tertiary/aromatic N) is 2. The van der Waals surface area contributed by atoms with Crippen molar-refractivity contribution >= 4 is 0 Å². The molecule has 0 atom stereocenters. The number of rotatable bonds is 6. The Hall–Kier alpha value is -1.57. The molecular weight excluding hydrogens is 252 g/mol. The van der Waals surface area contributed by atoms with Crippen molar-refractivity contribution in [2.75, 3.05) is 20.3 Å². The number of ether oxygens (including phenoxy) is 1. The molecule has 1 aliphatic rings. The van der Waals surface area contributed by atoms with Gasteiger partial charge < -0.3 is 9.84 Å². The summed E-state index contributed by atoms with van der Waals surface area (Å²) in [6.45, 7) is 1.68. The van der Waals surface area contributed by atoms with E-state index in [2.05, 4.69) is 11.0 Å². The van der Waals surface area contributed by atoms with Crippen LogP contribution < -0.4 is 4.74 Å². The van der Waals surface area contributed by atoms with Crippen molar-refractivity contribution < 1.29 is 9.84 Å². The normalized spacial score (nSPS) is 15.5. The maximum absolute atomic E-state index is 9.25. The lowest BCUT2D eigenvalue weighted by Crippen LogP contribution is -2.35. The first-order valence-electron chi connectivity index (χ1n) is 7.20. The van der Waals surface area contributed by atoms with Gasteiger partial charge in [0.15, 0.2) is 0 Å². The summed E-state index contributed by atoms with van der Waals surface area (Å²) in [7, 11) is 1.59. The van der Waals surface area contributed by atoms with Crippen molar-refractivity contribution in [1.29, 1.82) is 5.26 Å². The minimum absolute atomic E-state index is 0.184. The summed E-state index contributed by atoms with van der Waals surface area (Å²) in [5.41, 5.74) is 1.69. The molecule has 1 aromatic rings. The molecule has 0 aliphatic heterocycles. The largest absolute Gasteiger partial charge is 0.495 e. The monoisotopic (exact) mass is 274 g/mol. The van der Waals surface area contributed by atoms with Crippen molar-refractivity contribution in [2.24, 2.45) is 0 Å². The van der Waals surface area contributed by atoms with Crippen molar-refractivity contribution in [3.63, 3.8) is 0 Å². The topological polar surface area (TPSA) is 56.5 Å². The molecule has 1 aliphatic carbocycles. The first-order valence-corrected chi connectivity index (χ1v) is 7.20. The van der Waals surface area contributed by atoms with Crippen molar-refractivity contribution in [3.8, 4) is 11.8 Å². The molecule has 0 saturated heterocycles. The third-order valence-corrected chi connectivity index (χ3v) is 4.00. The SMILES string of the molecule is COc1cc(CN(CCO)C2CCCC2)ccc1C#N. The van der Waals surface area contributed by atoms with Crippen LogP contribution in [0.4, 0.5) is 0 Å². The molecule has 1 fully saturated rings. The molecule has 1 N–H and O–H groups in total. The zero-order chi connectivity index (χ0) is 14.4. The number of aliphatic hydroxyl groups excluding tert-OH is 1. The van der Waals surface area contributed by atoms with Crippen LogP contribution in [-0.2, 0) is 6.54 Å². The van der Waals surface area contributed by atoms with E-state index in [-0.39, 0.29) is 6.61 Å². The zero-order valence-electron chi connectivity index (χ0n) is 12.0. The number of benzene rings is 1. The van der Waals surface area contributed by atoms with E-state index in [4.69, 9.17) is 10.00 Å². The van der Waals surface area contributed by atoms with Gasteiger partial charge in [-0.15, -0.1) is 0 Å². The molecule has 0 bridgehead atoms. The van der Waals surface area contributed by atoms with Crippen molar-refractivity contribution in [2.45, 2.75) is 38.3 Å². The lowest BCUT2D eigenvalue weighted by atomic mass is 10.1. The molecule has 0 radical (unpaired) electrons. The standard InChI is InChI=1S/C16H22N2O2/c1-20-16-10-13(6-7-14(16)11-17)12-18(8-9-19)15-4-2-3-5-15/h6-7,10,15,19H,2-5,8-9,12H2,1H3. The van der Waals surface area contributed by atoms with Crippen molar-refractivity contribution in [1.82, 2.24) is 4.90 Å². The van der Waals surface area contributed by atoms with E-state index in [1.165, 1.54) is 25.7 Å². The maximum Gasteiger partial charge on any atom is 0.136 e. The molecule has 1 aromatic carbocycles. The van der Waals surface area contributed by atoms with E-state index in [1.807, 2.05) is 12.1 Å². The second-order valence-corrected chi connectivity index (χ2v) is 5.28. The van der Waals surface area contributed by atoms with Gasteiger partial charge in [0.25, 0.3) is 0 Å². The number of hydrogen-bond donors (Lipinski definition) is 1. The summed E-state index contributed by atoms with van der Waals surface area (Å²) in [4.78, 5) is 2.34. The van der Waals surface area contributed by atoms with Gasteiger partial charge in [-0.25, -0.2) is 0 Å². The number of aliphatic hydroxyl groups is 1. The van der Waals surface area contributed by atoms with E-state index >= 15 is 0 Å². The van der Waals surface area contributed by atoms with Gasteiger partial charge in [-0.2, -0.15) is 5.26 Å². The Bertz CT molecular complexity index is 476. The minimum atomic E-state index is 0.184. The Morgan fingerprint density at radius 3 is 2.75 bits per heavy atom. The van der Waals surface area contributed by atoms with Gasteiger partial charge in [0.05, 0.1) is 19.3 Å². The van der Waals surface area contributed by atoms with Gasteiger partial charge in [-0.3, -0.25) is 4.90 Å². The van der Waals surface area contributed by atoms with Crippen molar-refractivity contribution in [3.05, 3.63) is 29.3 Å². The van der Waals surface area contributed by atoms with Gasteiger partial charge in [-0.1, -0.05) is 18.9 Å². The summed E-state index contributed by atoms with van der Waals surface area (Å²) in [5.74, 6) is 0.625. The van der Waals surface area contributed by atoms with Crippen LogP contribution in [0, 0.1) is 11.3 Å². The summed E-state index contributed by atoms with van der Waals surface area (Å²) in [6.07, 6.45) is 4.99. The Kier molecular flexibility index (Phi) is 5.40. The molecule has 0 heterocycles. The van der Waals surface area contributed by atoms with Gasteiger partial charge in [0.2, 0.25) is 0 Å². The summed E-state index contributed by atoms with van der Waals surface area (Å²) in [6, 6.07) is 8.41. The first kappa shape index (κ1) is 14.8. The highest BCUT2D eigenvalue weighted by molar-refractivity contribution is 5.45. The van der Waals surface area contributed by atoms with E-state index < -0.39 is 0 Å². The summed E-state index contributed by atoms with van der Waals surface area (Å²) < 4.78 is 5.25. The van der Waals surface area contributed by atoms with Crippen LogP contribution in [0.1, 0.15) is 36.8 Å². The first-order chi connectivity index (χ1) is 9.78. The van der Waals surface area contributed by atoms with Gasteiger partial charge in [0.1, 0.15) is 11.8 Å². The zero-order valence-corrected chi connectivity index (χ0v) is 12.0. The molecule has 0 aromatic heterocycles. The smallest absolute Gasteiger partial charge is 0.136 e. The Morgan fingerprint density at radius 2 is 2.15 bits per heavy atom. The van der Waals surface area contributed by atoms with Gasteiger partial charge >= 0.3 is 0 Å². The highest BCUT2D eigenvalue weighted by Crippen LogP contribution is 2.26. The van der Waals surface area contributed by atoms with Crippen LogP contribution in [0.5, 0.6) is 5.75 Å². The molecule has 4 nitrogen and oxygen atoms in total. The number of methoxy groups -OCH3 is 1. The van der Waals surface area contributed by atoms with Gasteiger partial charge in [0, 0.05) is 19.1 Å². The molecule has 0 spiro atoms. The van der Waals surface area contributed by atoms with Crippen LogP contribution in [-0.4, -0.2) is 36.3 Å². The Labute approximate surface area is 120 Å². The third kappa shape index (κ3) is 3.50. The van der Waals surface area contributed by atoms with E-state index in [9.17, 15) is 5.11 Å². The number of nitriles is 1. The highest BCUT2D eigenvalue weighted by Gasteiger charge is 2.22.